The maximum atomic E-state index is 13.2. The van der Waals surface area contributed by atoms with Gasteiger partial charge in [0.25, 0.3) is 5.91 Å². The number of benzene rings is 2. The van der Waals surface area contributed by atoms with Gasteiger partial charge in [0.05, 0.1) is 7.11 Å². The molecule has 2 aliphatic heterocycles. The van der Waals surface area contributed by atoms with Crippen molar-refractivity contribution in [2.24, 2.45) is 0 Å². The number of carbonyl (C=O) groups is 3. The number of carbonyl (C=O) groups excluding carboxylic acids is 2. The molecular formula is C23H24N2O5. The summed E-state index contributed by atoms with van der Waals surface area (Å²) in [5.74, 6) is -0.754. The number of carboxylic acids is 1. The van der Waals surface area contributed by atoms with Crippen LogP contribution < -0.4 is 9.64 Å². The van der Waals surface area contributed by atoms with Gasteiger partial charge in [0.2, 0.25) is 5.91 Å². The van der Waals surface area contributed by atoms with Crippen LogP contribution in [0.5, 0.6) is 5.75 Å². The number of amides is 2. The lowest BCUT2D eigenvalue weighted by atomic mass is 9.79. The van der Waals surface area contributed by atoms with Crippen molar-refractivity contribution in [3.05, 3.63) is 59.2 Å². The molecule has 2 atom stereocenters. The van der Waals surface area contributed by atoms with Crippen molar-refractivity contribution in [3.8, 4) is 5.75 Å². The summed E-state index contributed by atoms with van der Waals surface area (Å²) in [5, 5.41) is 9.80. The summed E-state index contributed by atoms with van der Waals surface area (Å²) in [5.41, 5.74) is 2.88. The molecule has 156 valence electrons. The van der Waals surface area contributed by atoms with Crippen LogP contribution >= 0.6 is 0 Å². The molecule has 30 heavy (non-hydrogen) atoms. The molecule has 0 fully saturated rings. The highest BCUT2D eigenvalue weighted by Gasteiger charge is 2.44. The molecule has 0 aromatic heterocycles. The molecule has 4 rings (SSSR count). The first-order valence-corrected chi connectivity index (χ1v) is 10.0. The Morgan fingerprint density at radius 2 is 1.90 bits per heavy atom. The molecule has 0 aliphatic carbocycles. The molecule has 2 aromatic rings. The Morgan fingerprint density at radius 3 is 2.53 bits per heavy atom. The van der Waals surface area contributed by atoms with E-state index in [1.54, 1.807) is 37.1 Å². The van der Waals surface area contributed by atoms with E-state index in [4.69, 9.17) is 4.74 Å². The first-order valence-electron chi connectivity index (χ1n) is 10.0. The van der Waals surface area contributed by atoms with Gasteiger partial charge in [0.15, 0.2) is 0 Å². The minimum absolute atomic E-state index is 0.100. The molecule has 0 unspecified atom stereocenters. The van der Waals surface area contributed by atoms with Crippen molar-refractivity contribution in [2.75, 3.05) is 18.6 Å². The monoisotopic (exact) mass is 408 g/mol. The molecule has 7 heteroatoms. The van der Waals surface area contributed by atoms with Gasteiger partial charge in [0.1, 0.15) is 11.8 Å². The molecule has 0 saturated carbocycles. The van der Waals surface area contributed by atoms with Gasteiger partial charge in [-0.25, -0.2) is 4.79 Å². The van der Waals surface area contributed by atoms with Gasteiger partial charge < -0.3 is 14.7 Å². The van der Waals surface area contributed by atoms with Crippen molar-refractivity contribution in [1.82, 2.24) is 4.90 Å². The normalized spacial score (nSPS) is 20.0. The fourth-order valence-corrected chi connectivity index (χ4v) is 4.50. The van der Waals surface area contributed by atoms with E-state index in [1.165, 1.54) is 4.90 Å². The second-order valence-electron chi connectivity index (χ2n) is 7.68. The third kappa shape index (κ3) is 3.30. The van der Waals surface area contributed by atoms with Gasteiger partial charge in [-0.05, 0) is 41.8 Å². The van der Waals surface area contributed by atoms with Crippen LogP contribution in [0.3, 0.4) is 0 Å². The molecule has 2 amide bonds. The second-order valence-corrected chi connectivity index (χ2v) is 7.68. The summed E-state index contributed by atoms with van der Waals surface area (Å²) in [4.78, 5) is 40.9. The SMILES string of the molecule is CCC(=O)N1c2cccc3c2[C@@H](C[C@H]1C(=O)O)CN(Cc1ccc(OC)cc1)C3=O. The van der Waals surface area contributed by atoms with Crippen LogP contribution in [0.1, 0.15) is 47.2 Å². The lowest BCUT2D eigenvalue weighted by Crippen LogP contribution is -2.52. The van der Waals surface area contributed by atoms with Gasteiger partial charge in [-0.1, -0.05) is 25.1 Å². The summed E-state index contributed by atoms with van der Waals surface area (Å²) in [7, 11) is 1.60. The summed E-state index contributed by atoms with van der Waals surface area (Å²) < 4.78 is 5.19. The largest absolute Gasteiger partial charge is 0.497 e. The van der Waals surface area contributed by atoms with Crippen LogP contribution in [0.4, 0.5) is 5.69 Å². The predicted octanol–water partition coefficient (Wildman–Crippen LogP) is 3.03. The van der Waals surface area contributed by atoms with E-state index in [0.29, 0.717) is 24.3 Å². The molecular weight excluding hydrogens is 384 g/mol. The molecule has 0 saturated heterocycles. The van der Waals surface area contributed by atoms with Gasteiger partial charge in [0, 0.05) is 36.7 Å². The number of rotatable bonds is 5. The lowest BCUT2D eigenvalue weighted by Gasteiger charge is -2.44. The fraction of sp³-hybridized carbons (Fsp3) is 0.348. The Kier molecular flexibility index (Phi) is 5.20. The Balaban J connectivity index is 1.71. The van der Waals surface area contributed by atoms with E-state index in [-0.39, 0.29) is 30.6 Å². The first-order chi connectivity index (χ1) is 14.4. The molecule has 2 aromatic carbocycles. The third-order valence-electron chi connectivity index (χ3n) is 5.92. The van der Waals surface area contributed by atoms with E-state index < -0.39 is 12.0 Å². The van der Waals surface area contributed by atoms with Gasteiger partial charge in [-0.3, -0.25) is 14.5 Å². The standard InChI is InChI=1S/C23H24N2O5/c1-3-20(26)25-18-6-4-5-17-21(18)15(11-19(25)23(28)29)13-24(22(17)27)12-14-7-9-16(30-2)10-8-14/h4-10,15,19H,3,11-13H2,1-2H3,(H,28,29)/t15-,19-/m0/s1. The number of aliphatic carboxylic acids is 1. The highest BCUT2D eigenvalue weighted by atomic mass is 16.5. The molecule has 1 N–H and O–H groups in total. The maximum absolute atomic E-state index is 13.2. The smallest absolute Gasteiger partial charge is 0.326 e. The fourth-order valence-electron chi connectivity index (χ4n) is 4.50. The summed E-state index contributed by atoms with van der Waals surface area (Å²) >= 11 is 0. The minimum Gasteiger partial charge on any atom is -0.497 e. The first kappa shape index (κ1) is 19.9. The maximum Gasteiger partial charge on any atom is 0.326 e. The van der Waals surface area contributed by atoms with Crippen LogP contribution in [0.15, 0.2) is 42.5 Å². The van der Waals surface area contributed by atoms with Crippen LogP contribution in [0, 0.1) is 0 Å². The highest BCUT2D eigenvalue weighted by molar-refractivity contribution is 6.05. The molecule has 2 heterocycles. The van der Waals surface area contributed by atoms with Crippen LogP contribution in [0.2, 0.25) is 0 Å². The Morgan fingerprint density at radius 1 is 1.17 bits per heavy atom. The Labute approximate surface area is 174 Å². The van der Waals surface area contributed by atoms with Gasteiger partial charge >= 0.3 is 5.97 Å². The zero-order valence-electron chi connectivity index (χ0n) is 17.0. The predicted molar refractivity (Wildman–Crippen MR) is 111 cm³/mol. The van der Waals surface area contributed by atoms with Crippen LogP contribution in [-0.2, 0) is 16.1 Å². The highest BCUT2D eigenvalue weighted by Crippen LogP contribution is 2.44. The topological polar surface area (TPSA) is 87.2 Å². The number of hydrogen-bond donors (Lipinski definition) is 1. The minimum atomic E-state index is -1.02. The zero-order chi connectivity index (χ0) is 21.4. The van der Waals surface area contributed by atoms with Crippen molar-refractivity contribution in [2.45, 2.75) is 38.3 Å². The van der Waals surface area contributed by atoms with Crippen molar-refractivity contribution < 1.29 is 24.2 Å². The molecule has 7 nitrogen and oxygen atoms in total. The Bertz CT molecular complexity index is 1000. The number of nitrogens with zero attached hydrogens (tertiary/aromatic N) is 2. The number of carboxylic acid groups (broad SMARTS) is 1. The van der Waals surface area contributed by atoms with Gasteiger partial charge in [-0.2, -0.15) is 0 Å². The van der Waals surface area contributed by atoms with Crippen LogP contribution in [0.25, 0.3) is 0 Å². The Hall–Kier alpha value is -3.35. The summed E-state index contributed by atoms with van der Waals surface area (Å²) in [6.45, 7) is 2.57. The number of anilines is 1. The molecule has 2 aliphatic rings. The number of hydrogen-bond acceptors (Lipinski definition) is 4. The average Bonchev–Trinajstić information content (AvgIpc) is 2.76. The number of ether oxygens (including phenoxy) is 1. The van der Waals surface area contributed by atoms with E-state index in [2.05, 4.69) is 0 Å². The quantitative estimate of drug-likeness (QED) is 0.822. The van der Waals surface area contributed by atoms with E-state index >= 15 is 0 Å². The van der Waals surface area contributed by atoms with E-state index in [9.17, 15) is 19.5 Å². The van der Waals surface area contributed by atoms with Crippen molar-refractivity contribution in [1.29, 1.82) is 0 Å². The summed E-state index contributed by atoms with van der Waals surface area (Å²) in [6, 6.07) is 11.9. The average molecular weight is 408 g/mol. The lowest BCUT2D eigenvalue weighted by molar-refractivity contribution is -0.140. The summed E-state index contributed by atoms with van der Waals surface area (Å²) in [6.07, 6.45) is 0.493. The van der Waals surface area contributed by atoms with Gasteiger partial charge in [-0.15, -0.1) is 0 Å². The van der Waals surface area contributed by atoms with Crippen LogP contribution in [-0.4, -0.2) is 47.5 Å². The van der Waals surface area contributed by atoms with E-state index in [0.717, 1.165) is 16.9 Å². The molecule has 0 radical (unpaired) electrons. The van der Waals surface area contributed by atoms with E-state index in [1.807, 2.05) is 24.3 Å². The third-order valence-corrected chi connectivity index (χ3v) is 5.92. The number of methoxy groups -OCH3 is 1. The van der Waals surface area contributed by atoms with Crippen molar-refractivity contribution >= 4 is 23.5 Å². The molecule has 0 bridgehead atoms. The van der Waals surface area contributed by atoms with Crippen molar-refractivity contribution in [3.63, 3.8) is 0 Å². The zero-order valence-corrected chi connectivity index (χ0v) is 17.0. The second kappa shape index (κ2) is 7.82. The molecule has 0 spiro atoms.